The van der Waals surface area contributed by atoms with E-state index in [4.69, 9.17) is 5.11 Å². The molecule has 0 spiro atoms. The van der Waals surface area contributed by atoms with Gasteiger partial charge >= 0.3 is 6.18 Å². The number of nitrogens with zero attached hydrogens (tertiary/aromatic N) is 1. The summed E-state index contributed by atoms with van der Waals surface area (Å²) in [4.78, 5) is 3.28. The molecule has 0 saturated heterocycles. The van der Waals surface area contributed by atoms with E-state index in [-0.39, 0.29) is 12.5 Å². The van der Waals surface area contributed by atoms with Gasteiger partial charge in [-0.3, -0.25) is 4.98 Å². The Labute approximate surface area is 79.4 Å². The van der Waals surface area contributed by atoms with Crippen LogP contribution in [0.25, 0.3) is 0 Å². The highest BCUT2D eigenvalue weighted by Gasteiger charge is 2.32. The van der Waals surface area contributed by atoms with Crippen LogP contribution in [0.5, 0.6) is 0 Å². The van der Waals surface area contributed by atoms with Crippen LogP contribution in [0, 0.1) is 0 Å². The number of aliphatic hydroxyl groups excluding tert-OH is 1. The summed E-state index contributed by atoms with van der Waals surface area (Å²) in [5, 5.41) is 8.77. The zero-order valence-corrected chi connectivity index (χ0v) is 7.54. The monoisotopic (exact) mass is 205 g/mol. The van der Waals surface area contributed by atoms with Crippen LogP contribution in [-0.4, -0.2) is 16.7 Å². The first-order valence-electron chi connectivity index (χ1n) is 4.09. The van der Waals surface area contributed by atoms with Gasteiger partial charge in [0.1, 0.15) is 5.69 Å². The van der Waals surface area contributed by atoms with Crippen molar-refractivity contribution in [2.45, 2.75) is 19.0 Å². The van der Waals surface area contributed by atoms with E-state index in [1.165, 1.54) is 6.07 Å². The molecule has 14 heavy (non-hydrogen) atoms. The Morgan fingerprint density at radius 1 is 1.43 bits per heavy atom. The third-order valence-electron chi connectivity index (χ3n) is 1.92. The zero-order valence-electron chi connectivity index (χ0n) is 7.54. The molecule has 1 aromatic heterocycles. The average molecular weight is 205 g/mol. The van der Waals surface area contributed by atoms with Gasteiger partial charge in [0.05, 0.1) is 0 Å². The topological polar surface area (TPSA) is 33.1 Å². The van der Waals surface area contributed by atoms with Crippen molar-refractivity contribution in [3.63, 3.8) is 0 Å². The van der Waals surface area contributed by atoms with Gasteiger partial charge in [0.2, 0.25) is 0 Å². The Bertz CT molecular complexity index is 294. The van der Waals surface area contributed by atoms with E-state index in [0.717, 1.165) is 12.3 Å². The molecule has 0 aromatic carbocycles. The lowest BCUT2D eigenvalue weighted by Gasteiger charge is -2.09. The predicted molar refractivity (Wildman–Crippen MR) is 44.7 cm³/mol. The van der Waals surface area contributed by atoms with Gasteiger partial charge in [0.25, 0.3) is 0 Å². The molecular weight excluding hydrogens is 195 g/mol. The van der Waals surface area contributed by atoms with Crippen LogP contribution < -0.4 is 0 Å². The van der Waals surface area contributed by atoms with Crippen LogP contribution in [0.3, 0.4) is 0 Å². The molecule has 0 aliphatic carbocycles. The molecule has 1 N–H and O–H groups in total. The van der Waals surface area contributed by atoms with Gasteiger partial charge in [-0.05, 0) is 11.6 Å². The summed E-state index contributed by atoms with van der Waals surface area (Å²) in [6.45, 7) is 1.61. The highest BCUT2D eigenvalue weighted by atomic mass is 19.4. The fourth-order valence-electron chi connectivity index (χ4n) is 0.970. The molecule has 1 atom stereocenters. The lowest BCUT2D eigenvalue weighted by Crippen LogP contribution is -2.08. The number of hydrogen-bond acceptors (Lipinski definition) is 2. The Morgan fingerprint density at radius 3 is 2.43 bits per heavy atom. The molecule has 0 aliphatic rings. The Kier molecular flexibility index (Phi) is 3.10. The molecule has 2 nitrogen and oxygen atoms in total. The second kappa shape index (κ2) is 3.96. The van der Waals surface area contributed by atoms with Crippen molar-refractivity contribution >= 4 is 0 Å². The second-order valence-corrected chi connectivity index (χ2v) is 3.06. The maximum absolute atomic E-state index is 12.1. The van der Waals surface area contributed by atoms with Gasteiger partial charge in [0.15, 0.2) is 0 Å². The quantitative estimate of drug-likeness (QED) is 0.802. The van der Waals surface area contributed by atoms with Crippen molar-refractivity contribution in [1.29, 1.82) is 0 Å². The van der Waals surface area contributed by atoms with E-state index in [1.807, 2.05) is 0 Å². The Hall–Kier alpha value is -1.10. The smallest absolute Gasteiger partial charge is 0.396 e. The van der Waals surface area contributed by atoms with Crippen molar-refractivity contribution < 1.29 is 18.3 Å². The number of pyridine rings is 1. The standard InChI is InChI=1S/C9H10F3NO/c1-6(5-14)7-2-3-8(13-4-7)9(10,11)12/h2-4,6,14H,5H2,1H3/t6-/m0/s1. The molecule has 0 fully saturated rings. The molecule has 0 radical (unpaired) electrons. The Morgan fingerprint density at radius 2 is 2.07 bits per heavy atom. The highest BCUT2D eigenvalue weighted by molar-refractivity contribution is 5.19. The van der Waals surface area contributed by atoms with Crippen LogP contribution in [-0.2, 0) is 6.18 Å². The number of halogens is 3. The molecule has 78 valence electrons. The van der Waals surface area contributed by atoms with Crippen LogP contribution in [0.15, 0.2) is 18.3 Å². The van der Waals surface area contributed by atoms with Gasteiger partial charge in [0, 0.05) is 18.7 Å². The summed E-state index contributed by atoms with van der Waals surface area (Å²) >= 11 is 0. The minimum Gasteiger partial charge on any atom is -0.396 e. The SMILES string of the molecule is C[C@@H](CO)c1ccc(C(F)(F)F)nc1. The average Bonchev–Trinajstić information content (AvgIpc) is 2.15. The summed E-state index contributed by atoms with van der Waals surface area (Å²) < 4.78 is 36.3. The largest absolute Gasteiger partial charge is 0.433 e. The van der Waals surface area contributed by atoms with Crippen molar-refractivity contribution in [2.75, 3.05) is 6.61 Å². The summed E-state index contributed by atoms with van der Waals surface area (Å²) in [5.74, 6) is -0.190. The number of hydrogen-bond donors (Lipinski definition) is 1. The number of aliphatic hydroxyl groups is 1. The third-order valence-corrected chi connectivity index (χ3v) is 1.92. The van der Waals surface area contributed by atoms with Crippen LogP contribution in [0.2, 0.25) is 0 Å². The maximum Gasteiger partial charge on any atom is 0.433 e. The third kappa shape index (κ3) is 2.45. The lowest BCUT2D eigenvalue weighted by molar-refractivity contribution is -0.141. The normalized spacial score (nSPS) is 14.1. The summed E-state index contributed by atoms with van der Waals surface area (Å²) in [6.07, 6.45) is -3.26. The first-order chi connectivity index (χ1) is 6.45. The van der Waals surface area contributed by atoms with E-state index < -0.39 is 11.9 Å². The van der Waals surface area contributed by atoms with E-state index in [0.29, 0.717) is 5.56 Å². The van der Waals surface area contributed by atoms with Gasteiger partial charge < -0.3 is 5.11 Å². The molecular formula is C9H10F3NO. The summed E-state index contributed by atoms with van der Waals surface area (Å²) in [5.41, 5.74) is -0.313. The van der Waals surface area contributed by atoms with E-state index in [9.17, 15) is 13.2 Å². The van der Waals surface area contributed by atoms with Gasteiger partial charge in [-0.25, -0.2) is 0 Å². The van der Waals surface area contributed by atoms with Crippen LogP contribution in [0.4, 0.5) is 13.2 Å². The van der Waals surface area contributed by atoms with Gasteiger partial charge in [-0.2, -0.15) is 13.2 Å². The van der Waals surface area contributed by atoms with Gasteiger partial charge in [-0.15, -0.1) is 0 Å². The van der Waals surface area contributed by atoms with Crippen molar-refractivity contribution in [3.8, 4) is 0 Å². The fraction of sp³-hybridized carbons (Fsp3) is 0.444. The lowest BCUT2D eigenvalue weighted by atomic mass is 10.0. The first-order valence-corrected chi connectivity index (χ1v) is 4.09. The molecule has 0 aliphatic heterocycles. The Balaban J connectivity index is 2.89. The zero-order chi connectivity index (χ0) is 10.8. The minimum absolute atomic E-state index is 0.104. The van der Waals surface area contributed by atoms with E-state index in [1.54, 1.807) is 6.92 Å². The summed E-state index contributed by atoms with van der Waals surface area (Å²) in [6, 6.07) is 2.25. The number of aromatic nitrogens is 1. The molecule has 1 heterocycles. The fourth-order valence-corrected chi connectivity index (χ4v) is 0.970. The molecule has 0 amide bonds. The number of rotatable bonds is 2. The number of alkyl halides is 3. The maximum atomic E-state index is 12.1. The van der Waals surface area contributed by atoms with Crippen LogP contribution in [0.1, 0.15) is 24.1 Å². The van der Waals surface area contributed by atoms with Crippen LogP contribution >= 0.6 is 0 Å². The molecule has 1 rings (SSSR count). The van der Waals surface area contributed by atoms with E-state index in [2.05, 4.69) is 4.98 Å². The molecule has 0 bridgehead atoms. The van der Waals surface area contributed by atoms with Crippen molar-refractivity contribution in [3.05, 3.63) is 29.6 Å². The molecule has 5 heteroatoms. The van der Waals surface area contributed by atoms with Crippen molar-refractivity contribution in [1.82, 2.24) is 4.98 Å². The molecule has 0 unspecified atom stereocenters. The first kappa shape index (κ1) is 11.0. The van der Waals surface area contributed by atoms with Gasteiger partial charge in [-0.1, -0.05) is 13.0 Å². The van der Waals surface area contributed by atoms with E-state index >= 15 is 0 Å². The predicted octanol–water partition coefficient (Wildman–Crippen LogP) is 2.20. The second-order valence-electron chi connectivity index (χ2n) is 3.06. The highest BCUT2D eigenvalue weighted by Crippen LogP contribution is 2.27. The molecule has 0 saturated carbocycles. The summed E-state index contributed by atoms with van der Waals surface area (Å²) in [7, 11) is 0. The van der Waals surface area contributed by atoms with Crippen molar-refractivity contribution in [2.24, 2.45) is 0 Å². The molecule has 1 aromatic rings. The minimum atomic E-state index is -4.40.